The van der Waals surface area contributed by atoms with Crippen molar-refractivity contribution in [2.24, 2.45) is 0 Å². The minimum absolute atomic E-state index is 0.0129. The average molecular weight is 322 g/mol. The third kappa shape index (κ3) is 6.10. The van der Waals surface area contributed by atoms with Gasteiger partial charge in [0.1, 0.15) is 0 Å². The third-order valence-corrected chi connectivity index (χ3v) is 4.60. The van der Waals surface area contributed by atoms with Crippen molar-refractivity contribution in [2.75, 3.05) is 17.6 Å². The fraction of sp³-hybridized carbons (Fsp3) is 0.529. The number of aryl methyl sites for hydroxylation is 3. The van der Waals surface area contributed by atoms with E-state index < -0.39 is 0 Å². The number of anilines is 1. The van der Waals surface area contributed by atoms with Crippen molar-refractivity contribution in [3.8, 4) is 0 Å². The molecule has 0 aliphatic carbocycles. The topological polar surface area (TPSA) is 58.2 Å². The minimum atomic E-state index is -0.113. The first kappa shape index (κ1) is 18.6. The van der Waals surface area contributed by atoms with Crippen LogP contribution in [-0.2, 0) is 9.59 Å². The zero-order chi connectivity index (χ0) is 16.7. The van der Waals surface area contributed by atoms with Crippen LogP contribution in [-0.4, -0.2) is 29.4 Å². The number of carbonyl (C=O) groups excluding carboxylic acids is 2. The van der Waals surface area contributed by atoms with Gasteiger partial charge < -0.3 is 10.6 Å². The Bertz CT molecular complexity index is 520. The average Bonchev–Trinajstić information content (AvgIpc) is 2.41. The van der Waals surface area contributed by atoms with Gasteiger partial charge in [0.25, 0.3) is 0 Å². The predicted molar refractivity (Wildman–Crippen MR) is 94.5 cm³/mol. The summed E-state index contributed by atoms with van der Waals surface area (Å²) in [6.45, 7) is 10.2. The number of carbonyl (C=O) groups is 2. The first-order valence-electron chi connectivity index (χ1n) is 7.56. The van der Waals surface area contributed by atoms with Crippen LogP contribution in [0.4, 0.5) is 5.69 Å². The fourth-order valence-corrected chi connectivity index (χ4v) is 3.15. The van der Waals surface area contributed by atoms with Gasteiger partial charge in [-0.15, -0.1) is 11.8 Å². The van der Waals surface area contributed by atoms with E-state index in [0.29, 0.717) is 6.54 Å². The van der Waals surface area contributed by atoms with Crippen molar-refractivity contribution in [1.29, 1.82) is 0 Å². The lowest BCUT2D eigenvalue weighted by molar-refractivity contribution is -0.119. The van der Waals surface area contributed by atoms with Gasteiger partial charge in [-0.3, -0.25) is 9.59 Å². The van der Waals surface area contributed by atoms with E-state index in [1.807, 2.05) is 20.8 Å². The van der Waals surface area contributed by atoms with Gasteiger partial charge in [-0.25, -0.2) is 0 Å². The monoisotopic (exact) mass is 322 g/mol. The minimum Gasteiger partial charge on any atom is -0.356 e. The summed E-state index contributed by atoms with van der Waals surface area (Å²) in [5.74, 6) is 0.862. The highest BCUT2D eigenvalue weighted by atomic mass is 32.2. The van der Waals surface area contributed by atoms with Crippen LogP contribution in [0, 0.1) is 20.8 Å². The molecule has 5 heteroatoms. The van der Waals surface area contributed by atoms with E-state index in [2.05, 4.69) is 29.7 Å². The summed E-state index contributed by atoms with van der Waals surface area (Å²) < 4.78 is 0. The number of hydrogen-bond acceptors (Lipinski definition) is 3. The number of amides is 2. The van der Waals surface area contributed by atoms with Crippen molar-refractivity contribution in [3.63, 3.8) is 0 Å². The van der Waals surface area contributed by atoms with Gasteiger partial charge in [0.15, 0.2) is 0 Å². The molecular weight excluding hydrogens is 296 g/mol. The molecule has 22 heavy (non-hydrogen) atoms. The van der Waals surface area contributed by atoms with E-state index in [9.17, 15) is 9.59 Å². The van der Waals surface area contributed by atoms with E-state index in [1.165, 1.54) is 12.5 Å². The molecule has 1 aromatic carbocycles. The molecule has 0 radical (unpaired) electrons. The Morgan fingerprint density at radius 1 is 1.18 bits per heavy atom. The first-order chi connectivity index (χ1) is 10.3. The van der Waals surface area contributed by atoms with Crippen molar-refractivity contribution >= 4 is 29.3 Å². The van der Waals surface area contributed by atoms with Gasteiger partial charge in [0.2, 0.25) is 11.8 Å². The van der Waals surface area contributed by atoms with Gasteiger partial charge in [-0.05, 0) is 51.0 Å². The van der Waals surface area contributed by atoms with Gasteiger partial charge in [-0.2, -0.15) is 0 Å². The van der Waals surface area contributed by atoms with Crippen LogP contribution in [0.2, 0.25) is 0 Å². The smallest absolute Gasteiger partial charge is 0.237 e. The zero-order valence-electron chi connectivity index (χ0n) is 14.1. The molecule has 2 N–H and O–H groups in total. The van der Waals surface area contributed by atoms with Gasteiger partial charge in [0.05, 0.1) is 5.25 Å². The predicted octanol–water partition coefficient (Wildman–Crippen LogP) is 3.20. The second-order valence-corrected chi connectivity index (χ2v) is 7.06. The fourth-order valence-electron chi connectivity index (χ4n) is 2.27. The standard InChI is InChI=1S/C17H26N2O2S/c1-11-9-12(2)16(13(3)10-11)19-17(21)14(4)22-8-6-7-18-15(5)20/h9-10,14H,6-8H2,1-5H3,(H,18,20)(H,19,21). The molecule has 0 aliphatic heterocycles. The van der Waals surface area contributed by atoms with Gasteiger partial charge in [-0.1, -0.05) is 17.7 Å². The van der Waals surface area contributed by atoms with E-state index >= 15 is 0 Å². The van der Waals surface area contributed by atoms with Crippen LogP contribution in [0.15, 0.2) is 12.1 Å². The molecule has 2 amide bonds. The molecule has 0 spiro atoms. The second-order valence-electron chi connectivity index (χ2n) is 5.61. The molecule has 0 bridgehead atoms. The number of hydrogen-bond donors (Lipinski definition) is 2. The Morgan fingerprint density at radius 2 is 1.77 bits per heavy atom. The first-order valence-corrected chi connectivity index (χ1v) is 8.61. The van der Waals surface area contributed by atoms with Crippen molar-refractivity contribution in [3.05, 3.63) is 28.8 Å². The number of nitrogens with one attached hydrogen (secondary N) is 2. The molecule has 0 aliphatic rings. The summed E-state index contributed by atoms with van der Waals surface area (Å²) in [6.07, 6.45) is 0.866. The van der Waals surface area contributed by atoms with Crippen LogP contribution in [0.1, 0.15) is 37.0 Å². The highest BCUT2D eigenvalue weighted by Crippen LogP contribution is 2.23. The van der Waals surface area contributed by atoms with E-state index in [0.717, 1.165) is 29.0 Å². The quantitative estimate of drug-likeness (QED) is 0.758. The van der Waals surface area contributed by atoms with Crippen LogP contribution in [0.5, 0.6) is 0 Å². The molecule has 0 aromatic heterocycles. The summed E-state index contributed by atoms with van der Waals surface area (Å²) in [5.41, 5.74) is 4.30. The molecule has 1 unspecified atom stereocenters. The molecule has 0 saturated carbocycles. The van der Waals surface area contributed by atoms with Crippen LogP contribution in [0.3, 0.4) is 0 Å². The molecule has 0 saturated heterocycles. The van der Waals surface area contributed by atoms with Crippen LogP contribution in [0.25, 0.3) is 0 Å². The lowest BCUT2D eigenvalue weighted by atomic mass is 10.1. The van der Waals surface area contributed by atoms with Crippen molar-refractivity contribution < 1.29 is 9.59 Å². The molecule has 1 aromatic rings. The number of rotatable bonds is 7. The molecule has 122 valence electrons. The normalized spacial score (nSPS) is 11.9. The van der Waals surface area contributed by atoms with Crippen molar-refractivity contribution in [1.82, 2.24) is 5.32 Å². The third-order valence-electron chi connectivity index (χ3n) is 3.36. The molecule has 4 nitrogen and oxygen atoms in total. The maximum absolute atomic E-state index is 12.3. The Balaban J connectivity index is 2.46. The van der Waals surface area contributed by atoms with Crippen LogP contribution >= 0.6 is 11.8 Å². The Morgan fingerprint density at radius 3 is 2.32 bits per heavy atom. The van der Waals surface area contributed by atoms with E-state index in [4.69, 9.17) is 0 Å². The second kappa shape index (κ2) is 8.83. The number of benzene rings is 1. The molecular formula is C17H26N2O2S. The number of thioether (sulfide) groups is 1. The maximum atomic E-state index is 12.3. The highest BCUT2D eigenvalue weighted by Gasteiger charge is 2.15. The van der Waals surface area contributed by atoms with Gasteiger partial charge in [0, 0.05) is 19.2 Å². The lowest BCUT2D eigenvalue weighted by Crippen LogP contribution is -2.25. The van der Waals surface area contributed by atoms with Crippen LogP contribution < -0.4 is 10.6 Å². The summed E-state index contributed by atoms with van der Waals surface area (Å²) in [4.78, 5) is 23.0. The van der Waals surface area contributed by atoms with Gasteiger partial charge >= 0.3 is 0 Å². The lowest BCUT2D eigenvalue weighted by Gasteiger charge is -2.16. The Kier molecular flexibility index (Phi) is 7.45. The molecule has 1 rings (SSSR count). The summed E-state index contributed by atoms with van der Waals surface area (Å²) >= 11 is 1.61. The largest absolute Gasteiger partial charge is 0.356 e. The summed E-state index contributed by atoms with van der Waals surface area (Å²) in [6, 6.07) is 4.15. The Labute approximate surface area is 137 Å². The highest BCUT2D eigenvalue weighted by molar-refractivity contribution is 8.00. The summed E-state index contributed by atoms with van der Waals surface area (Å²) in [5, 5.41) is 5.68. The van der Waals surface area contributed by atoms with Crippen molar-refractivity contribution in [2.45, 2.75) is 46.3 Å². The maximum Gasteiger partial charge on any atom is 0.237 e. The Hall–Kier alpha value is -1.49. The SMILES string of the molecule is CC(=O)NCCCSC(C)C(=O)Nc1c(C)cc(C)cc1C. The zero-order valence-corrected chi connectivity index (χ0v) is 14.9. The molecule has 0 fully saturated rings. The summed E-state index contributed by atoms with van der Waals surface area (Å²) in [7, 11) is 0. The van der Waals surface area contributed by atoms with E-state index in [-0.39, 0.29) is 17.1 Å². The molecule has 0 heterocycles. The molecule has 1 atom stereocenters. The van der Waals surface area contributed by atoms with E-state index in [1.54, 1.807) is 11.8 Å².